The van der Waals surface area contributed by atoms with E-state index in [1.165, 1.54) is 5.56 Å². The Balaban J connectivity index is 2.00. The van der Waals surface area contributed by atoms with Crippen LogP contribution in [0.25, 0.3) is 10.9 Å². The average Bonchev–Trinajstić information content (AvgIpc) is 2.46. The van der Waals surface area contributed by atoms with Crippen molar-refractivity contribution in [1.82, 2.24) is 4.98 Å². The lowest BCUT2D eigenvalue weighted by Gasteiger charge is -2.36. The van der Waals surface area contributed by atoms with Crippen LogP contribution in [-0.4, -0.2) is 37.4 Å². The molecule has 2 heterocycles. The highest BCUT2D eigenvalue weighted by atomic mass is 16.5. The largest absolute Gasteiger partial charge is 0.497 e. The molecule has 1 aromatic heterocycles. The monoisotopic (exact) mass is 286 g/mol. The van der Waals surface area contributed by atoms with Crippen molar-refractivity contribution in [2.24, 2.45) is 0 Å². The van der Waals surface area contributed by atoms with E-state index in [1.54, 1.807) is 7.11 Å². The number of hydrogen-bond acceptors (Lipinski definition) is 4. The van der Waals surface area contributed by atoms with Crippen LogP contribution in [0.2, 0.25) is 0 Å². The van der Waals surface area contributed by atoms with Crippen molar-refractivity contribution in [2.45, 2.75) is 33.0 Å². The van der Waals surface area contributed by atoms with Gasteiger partial charge in [-0.1, -0.05) is 0 Å². The zero-order valence-electron chi connectivity index (χ0n) is 13.1. The number of methoxy groups -OCH3 is 1. The fourth-order valence-electron chi connectivity index (χ4n) is 3.01. The van der Waals surface area contributed by atoms with E-state index in [-0.39, 0.29) is 12.2 Å². The molecule has 4 heteroatoms. The molecule has 1 aliphatic heterocycles. The van der Waals surface area contributed by atoms with Crippen molar-refractivity contribution < 1.29 is 9.47 Å². The van der Waals surface area contributed by atoms with Gasteiger partial charge in [-0.2, -0.15) is 0 Å². The Bertz CT molecular complexity index is 647. The zero-order valence-corrected chi connectivity index (χ0v) is 13.1. The van der Waals surface area contributed by atoms with Crippen LogP contribution in [0.3, 0.4) is 0 Å². The number of aromatic nitrogens is 1. The quantitative estimate of drug-likeness (QED) is 0.849. The molecule has 1 aromatic carbocycles. The molecule has 0 bridgehead atoms. The first-order valence-corrected chi connectivity index (χ1v) is 7.42. The lowest BCUT2D eigenvalue weighted by molar-refractivity contribution is -0.00544. The molecule has 1 saturated heterocycles. The summed E-state index contributed by atoms with van der Waals surface area (Å²) in [5, 5.41) is 1.15. The molecule has 1 aliphatic rings. The minimum atomic E-state index is 0.238. The van der Waals surface area contributed by atoms with E-state index >= 15 is 0 Å². The second-order valence-electron chi connectivity index (χ2n) is 5.84. The van der Waals surface area contributed by atoms with Crippen LogP contribution in [0.5, 0.6) is 5.75 Å². The van der Waals surface area contributed by atoms with Gasteiger partial charge in [-0.25, -0.2) is 4.98 Å². The third-order valence-electron chi connectivity index (χ3n) is 3.95. The van der Waals surface area contributed by atoms with Crippen molar-refractivity contribution >= 4 is 16.7 Å². The Morgan fingerprint density at radius 1 is 1.19 bits per heavy atom. The van der Waals surface area contributed by atoms with E-state index in [0.29, 0.717) is 0 Å². The fourth-order valence-corrected chi connectivity index (χ4v) is 3.01. The highest BCUT2D eigenvalue weighted by Crippen LogP contribution is 2.27. The summed E-state index contributed by atoms with van der Waals surface area (Å²) in [4.78, 5) is 7.13. The molecular weight excluding hydrogens is 264 g/mol. The number of pyridine rings is 1. The van der Waals surface area contributed by atoms with Crippen molar-refractivity contribution in [1.29, 1.82) is 0 Å². The topological polar surface area (TPSA) is 34.6 Å². The van der Waals surface area contributed by atoms with Crippen LogP contribution >= 0.6 is 0 Å². The van der Waals surface area contributed by atoms with Gasteiger partial charge in [-0.05, 0) is 50.6 Å². The molecule has 3 rings (SSSR count). The third-order valence-corrected chi connectivity index (χ3v) is 3.95. The maximum absolute atomic E-state index is 5.80. The smallest absolute Gasteiger partial charge is 0.129 e. The van der Waals surface area contributed by atoms with Gasteiger partial charge in [0.25, 0.3) is 0 Å². The van der Waals surface area contributed by atoms with Crippen molar-refractivity contribution in [2.75, 3.05) is 25.1 Å². The molecule has 0 N–H and O–H groups in total. The predicted molar refractivity (Wildman–Crippen MR) is 85.3 cm³/mol. The highest BCUT2D eigenvalue weighted by Gasteiger charge is 2.23. The molecule has 2 aromatic rings. The second-order valence-corrected chi connectivity index (χ2v) is 5.84. The summed E-state index contributed by atoms with van der Waals surface area (Å²) in [7, 11) is 1.69. The lowest BCUT2D eigenvalue weighted by Crippen LogP contribution is -2.45. The molecule has 21 heavy (non-hydrogen) atoms. The van der Waals surface area contributed by atoms with Crippen LogP contribution < -0.4 is 9.64 Å². The lowest BCUT2D eigenvalue weighted by atomic mass is 10.1. The van der Waals surface area contributed by atoms with E-state index in [9.17, 15) is 0 Å². The molecule has 2 atom stereocenters. The van der Waals surface area contributed by atoms with Crippen molar-refractivity contribution in [3.63, 3.8) is 0 Å². The van der Waals surface area contributed by atoms with Gasteiger partial charge in [-0.15, -0.1) is 0 Å². The molecule has 4 nitrogen and oxygen atoms in total. The summed E-state index contributed by atoms with van der Waals surface area (Å²) in [5.74, 6) is 1.90. The standard InChI is InChI=1S/C17H22N2O2/c1-11-7-17(19-9-12(2)21-13(3)10-19)18-16-6-5-14(20-4)8-15(11)16/h5-8,12-13H,9-10H2,1-4H3/t12-,13-/m1/s1. The SMILES string of the molecule is COc1ccc2nc(N3C[C@@H](C)O[C@H](C)C3)cc(C)c2c1. The van der Waals surface area contributed by atoms with Crippen molar-refractivity contribution in [3.05, 3.63) is 29.8 Å². The predicted octanol–water partition coefficient (Wildman–Crippen LogP) is 3.17. The summed E-state index contributed by atoms with van der Waals surface area (Å²) >= 11 is 0. The van der Waals surface area contributed by atoms with Crippen LogP contribution in [0.15, 0.2) is 24.3 Å². The number of ether oxygens (including phenoxy) is 2. The Hall–Kier alpha value is -1.81. The number of benzene rings is 1. The zero-order chi connectivity index (χ0) is 15.0. The average molecular weight is 286 g/mol. The van der Waals surface area contributed by atoms with Gasteiger partial charge < -0.3 is 14.4 Å². The molecule has 0 amide bonds. The van der Waals surface area contributed by atoms with E-state index in [4.69, 9.17) is 14.5 Å². The number of aryl methyl sites for hydroxylation is 1. The highest BCUT2D eigenvalue weighted by molar-refractivity contribution is 5.85. The summed E-state index contributed by atoms with van der Waals surface area (Å²) < 4.78 is 11.1. The van der Waals surface area contributed by atoms with Gasteiger partial charge in [0, 0.05) is 18.5 Å². The van der Waals surface area contributed by atoms with Crippen LogP contribution in [0.1, 0.15) is 19.4 Å². The number of anilines is 1. The van der Waals surface area contributed by atoms with Gasteiger partial charge in [0.1, 0.15) is 11.6 Å². The Morgan fingerprint density at radius 2 is 1.90 bits per heavy atom. The van der Waals surface area contributed by atoms with Crippen LogP contribution in [-0.2, 0) is 4.74 Å². The molecule has 1 fully saturated rings. The van der Waals surface area contributed by atoms with Crippen molar-refractivity contribution in [3.8, 4) is 5.75 Å². The fraction of sp³-hybridized carbons (Fsp3) is 0.471. The molecule has 0 saturated carbocycles. The van der Waals surface area contributed by atoms with Gasteiger partial charge in [0.2, 0.25) is 0 Å². The number of nitrogens with zero attached hydrogens (tertiary/aromatic N) is 2. The third kappa shape index (κ3) is 2.81. The van der Waals surface area contributed by atoms with E-state index < -0.39 is 0 Å². The minimum Gasteiger partial charge on any atom is -0.497 e. The van der Waals surface area contributed by atoms with Crippen LogP contribution in [0, 0.1) is 6.92 Å². The molecule has 0 unspecified atom stereocenters. The molecule has 0 radical (unpaired) electrons. The molecule has 0 spiro atoms. The maximum Gasteiger partial charge on any atom is 0.129 e. The number of fused-ring (bicyclic) bond motifs is 1. The number of hydrogen-bond donors (Lipinski definition) is 0. The Labute approximate surface area is 125 Å². The summed E-state index contributed by atoms with van der Waals surface area (Å²) in [6, 6.07) is 8.19. The number of rotatable bonds is 2. The summed E-state index contributed by atoms with van der Waals surface area (Å²) in [6.45, 7) is 8.12. The van der Waals surface area contributed by atoms with Gasteiger partial charge >= 0.3 is 0 Å². The number of morpholine rings is 1. The first-order chi connectivity index (χ1) is 10.1. The maximum atomic E-state index is 5.80. The Morgan fingerprint density at radius 3 is 2.57 bits per heavy atom. The van der Waals surface area contributed by atoms with Gasteiger partial charge in [-0.3, -0.25) is 0 Å². The van der Waals surface area contributed by atoms with E-state index in [0.717, 1.165) is 35.6 Å². The normalized spacial score (nSPS) is 22.6. The Kier molecular flexibility index (Phi) is 3.72. The van der Waals surface area contributed by atoms with Gasteiger partial charge in [0.05, 0.1) is 24.8 Å². The summed E-state index contributed by atoms with van der Waals surface area (Å²) in [6.07, 6.45) is 0.477. The van der Waals surface area contributed by atoms with Crippen LogP contribution in [0.4, 0.5) is 5.82 Å². The molecular formula is C17H22N2O2. The second kappa shape index (κ2) is 5.53. The van der Waals surface area contributed by atoms with E-state index in [1.807, 2.05) is 18.2 Å². The first-order valence-electron chi connectivity index (χ1n) is 7.42. The minimum absolute atomic E-state index is 0.238. The van der Waals surface area contributed by atoms with Gasteiger partial charge in [0.15, 0.2) is 0 Å². The summed E-state index contributed by atoms with van der Waals surface area (Å²) in [5.41, 5.74) is 2.23. The molecule has 0 aliphatic carbocycles. The van der Waals surface area contributed by atoms with E-state index in [2.05, 4.69) is 31.7 Å². The molecule has 112 valence electrons. The first kappa shape index (κ1) is 14.1.